The summed E-state index contributed by atoms with van der Waals surface area (Å²) < 4.78 is 24.4. The molecule has 214 valence electrons. The number of rotatable bonds is 11. The first kappa shape index (κ1) is 31.4. The SMILES string of the molecule is COC(=O)CCCSC1OC(CO[Si](c2ccccc2)(c2ccccc2)C(C)(C)C)C(C)C(C)C1OC(C)=O. The van der Waals surface area contributed by atoms with Crippen LogP contribution in [0.25, 0.3) is 0 Å². The molecule has 0 saturated carbocycles. The molecule has 5 atom stereocenters. The minimum Gasteiger partial charge on any atom is -0.469 e. The number of carbonyl (C=O) groups is 2. The second-order valence-corrected chi connectivity index (χ2v) is 16.9. The normalized spacial score (nSPS) is 23.7. The van der Waals surface area contributed by atoms with Crippen LogP contribution in [-0.4, -0.2) is 57.4 Å². The van der Waals surface area contributed by atoms with Crippen molar-refractivity contribution in [2.24, 2.45) is 11.8 Å². The number of esters is 2. The van der Waals surface area contributed by atoms with Crippen LogP contribution in [-0.2, 0) is 28.2 Å². The summed E-state index contributed by atoms with van der Waals surface area (Å²) in [5, 5.41) is 2.32. The van der Waals surface area contributed by atoms with Gasteiger partial charge in [0.15, 0.2) is 0 Å². The van der Waals surface area contributed by atoms with E-state index in [1.54, 1.807) is 11.8 Å². The lowest BCUT2D eigenvalue weighted by atomic mass is 9.84. The number of thioether (sulfide) groups is 1. The third-order valence-corrected chi connectivity index (χ3v) is 14.0. The number of hydrogen-bond acceptors (Lipinski definition) is 7. The van der Waals surface area contributed by atoms with Crippen molar-refractivity contribution in [1.82, 2.24) is 0 Å². The van der Waals surface area contributed by atoms with Crippen LogP contribution in [0.5, 0.6) is 0 Å². The zero-order valence-corrected chi connectivity index (χ0v) is 26.2. The van der Waals surface area contributed by atoms with E-state index in [2.05, 4.69) is 83.1 Å². The molecule has 5 unspecified atom stereocenters. The fourth-order valence-corrected chi connectivity index (χ4v) is 11.3. The van der Waals surface area contributed by atoms with Crippen LogP contribution in [0.1, 0.15) is 54.4 Å². The van der Waals surface area contributed by atoms with Crippen molar-refractivity contribution in [2.45, 2.75) is 77.1 Å². The monoisotopic (exact) mass is 572 g/mol. The van der Waals surface area contributed by atoms with Gasteiger partial charge in [-0.1, -0.05) is 95.3 Å². The van der Waals surface area contributed by atoms with E-state index in [1.807, 2.05) is 12.1 Å². The second kappa shape index (κ2) is 14.0. The zero-order chi connectivity index (χ0) is 28.6. The molecule has 1 saturated heterocycles. The van der Waals surface area contributed by atoms with Crippen molar-refractivity contribution in [3.8, 4) is 0 Å². The van der Waals surface area contributed by atoms with Gasteiger partial charge in [-0.25, -0.2) is 0 Å². The molecule has 0 spiro atoms. The highest BCUT2D eigenvalue weighted by molar-refractivity contribution is 7.99. The average Bonchev–Trinajstić information content (AvgIpc) is 2.91. The van der Waals surface area contributed by atoms with Gasteiger partial charge in [-0.15, -0.1) is 11.8 Å². The first-order chi connectivity index (χ1) is 18.5. The molecular weight excluding hydrogens is 528 g/mol. The Labute approximate surface area is 239 Å². The second-order valence-electron chi connectivity index (χ2n) is 11.4. The summed E-state index contributed by atoms with van der Waals surface area (Å²) in [6.45, 7) is 13.0. The summed E-state index contributed by atoms with van der Waals surface area (Å²) in [7, 11) is -1.32. The number of ether oxygens (including phenoxy) is 3. The molecule has 1 heterocycles. The van der Waals surface area contributed by atoms with E-state index in [0.29, 0.717) is 25.2 Å². The van der Waals surface area contributed by atoms with E-state index in [4.69, 9.17) is 18.6 Å². The molecule has 2 aromatic rings. The third-order valence-electron chi connectivity index (χ3n) is 7.73. The Morgan fingerprint density at radius 3 is 2.00 bits per heavy atom. The molecule has 39 heavy (non-hydrogen) atoms. The van der Waals surface area contributed by atoms with Gasteiger partial charge in [-0.3, -0.25) is 9.59 Å². The molecule has 0 N–H and O–H groups in total. The van der Waals surface area contributed by atoms with Gasteiger partial charge >= 0.3 is 11.9 Å². The molecule has 0 amide bonds. The molecule has 8 heteroatoms. The van der Waals surface area contributed by atoms with Gasteiger partial charge in [0.2, 0.25) is 0 Å². The smallest absolute Gasteiger partial charge is 0.305 e. The summed E-state index contributed by atoms with van der Waals surface area (Å²) in [4.78, 5) is 23.5. The van der Waals surface area contributed by atoms with Gasteiger partial charge in [0.05, 0.1) is 19.8 Å². The van der Waals surface area contributed by atoms with Crippen molar-refractivity contribution in [3.05, 3.63) is 60.7 Å². The summed E-state index contributed by atoms with van der Waals surface area (Å²) in [6.07, 6.45) is 0.467. The third kappa shape index (κ3) is 7.54. The van der Waals surface area contributed by atoms with Crippen LogP contribution >= 0.6 is 11.8 Å². The lowest BCUT2D eigenvalue weighted by molar-refractivity contribution is -0.179. The van der Waals surface area contributed by atoms with Crippen LogP contribution in [0.4, 0.5) is 0 Å². The van der Waals surface area contributed by atoms with Crippen LogP contribution in [0.3, 0.4) is 0 Å². The summed E-state index contributed by atoms with van der Waals surface area (Å²) in [6, 6.07) is 21.2. The lowest BCUT2D eigenvalue weighted by Gasteiger charge is -2.47. The van der Waals surface area contributed by atoms with Gasteiger partial charge < -0.3 is 18.6 Å². The molecule has 0 aliphatic carbocycles. The van der Waals surface area contributed by atoms with E-state index in [-0.39, 0.29) is 46.5 Å². The zero-order valence-electron chi connectivity index (χ0n) is 24.3. The highest BCUT2D eigenvalue weighted by Gasteiger charge is 2.52. The first-order valence-electron chi connectivity index (χ1n) is 13.8. The number of carbonyl (C=O) groups excluding carboxylic acids is 2. The standard InChI is InChI=1S/C31H44O6SSi/c1-22-23(2)29(36-24(3)32)30(38-20-14-19-28(33)34-7)37-27(22)21-35-39(31(4,5)6,25-15-10-8-11-16-25)26-17-12-9-13-18-26/h8-13,15-18,22-23,27,29-30H,14,19-21H2,1-7H3. The van der Waals surface area contributed by atoms with Gasteiger partial charge in [0, 0.05) is 19.3 Å². The van der Waals surface area contributed by atoms with Crippen molar-refractivity contribution in [1.29, 1.82) is 0 Å². The summed E-state index contributed by atoms with van der Waals surface area (Å²) in [5.74, 6) is 0.342. The van der Waals surface area contributed by atoms with Gasteiger partial charge in [0.25, 0.3) is 8.32 Å². The molecule has 3 rings (SSSR count). The number of benzene rings is 2. The highest BCUT2D eigenvalue weighted by atomic mass is 32.2. The molecule has 1 aliphatic rings. The highest BCUT2D eigenvalue weighted by Crippen LogP contribution is 2.40. The number of methoxy groups -OCH3 is 1. The predicted octanol–water partition coefficient (Wildman–Crippen LogP) is 5.18. The van der Waals surface area contributed by atoms with Crippen molar-refractivity contribution in [2.75, 3.05) is 19.5 Å². The lowest BCUT2D eigenvalue weighted by Crippen LogP contribution is -2.67. The fraction of sp³-hybridized carbons (Fsp3) is 0.548. The minimum absolute atomic E-state index is 0.0773. The van der Waals surface area contributed by atoms with Crippen LogP contribution in [0.15, 0.2) is 60.7 Å². The van der Waals surface area contributed by atoms with E-state index in [0.717, 1.165) is 0 Å². The Balaban J connectivity index is 1.88. The van der Waals surface area contributed by atoms with Gasteiger partial charge in [0.1, 0.15) is 11.5 Å². The molecular formula is C31H44O6SSi. The Morgan fingerprint density at radius 2 is 1.51 bits per heavy atom. The van der Waals surface area contributed by atoms with Crippen molar-refractivity contribution in [3.63, 3.8) is 0 Å². The predicted molar refractivity (Wildman–Crippen MR) is 160 cm³/mol. The van der Waals surface area contributed by atoms with Crippen LogP contribution in [0, 0.1) is 11.8 Å². The summed E-state index contributed by atoms with van der Waals surface area (Å²) >= 11 is 1.59. The number of hydrogen-bond donors (Lipinski definition) is 0. The van der Waals surface area contributed by atoms with E-state index in [9.17, 15) is 9.59 Å². The largest absolute Gasteiger partial charge is 0.469 e. The fourth-order valence-electron chi connectivity index (χ4n) is 5.43. The Bertz CT molecular complexity index is 1020. The molecule has 0 bridgehead atoms. The molecule has 1 fully saturated rings. The van der Waals surface area contributed by atoms with E-state index >= 15 is 0 Å². The van der Waals surface area contributed by atoms with E-state index < -0.39 is 8.32 Å². The Morgan fingerprint density at radius 1 is 0.949 bits per heavy atom. The first-order valence-corrected chi connectivity index (χ1v) is 16.7. The molecule has 0 radical (unpaired) electrons. The van der Waals surface area contributed by atoms with Crippen molar-refractivity contribution >= 4 is 42.4 Å². The molecule has 1 aliphatic heterocycles. The van der Waals surface area contributed by atoms with Gasteiger partial charge in [-0.05, 0) is 33.5 Å². The Kier molecular flexibility index (Phi) is 11.2. The molecule has 0 aromatic heterocycles. The topological polar surface area (TPSA) is 71.1 Å². The maximum atomic E-state index is 12.0. The van der Waals surface area contributed by atoms with E-state index in [1.165, 1.54) is 24.4 Å². The van der Waals surface area contributed by atoms with Crippen LogP contribution < -0.4 is 10.4 Å². The quantitative estimate of drug-likeness (QED) is 0.209. The maximum Gasteiger partial charge on any atom is 0.305 e. The van der Waals surface area contributed by atoms with Gasteiger partial charge in [-0.2, -0.15) is 0 Å². The van der Waals surface area contributed by atoms with Crippen molar-refractivity contribution < 1.29 is 28.2 Å². The summed E-state index contributed by atoms with van der Waals surface area (Å²) in [5.41, 5.74) is -0.342. The Hall–Kier alpha value is -2.13. The molecule has 2 aromatic carbocycles. The maximum absolute atomic E-state index is 12.0. The average molecular weight is 573 g/mol. The minimum atomic E-state index is -2.72. The van der Waals surface area contributed by atoms with Crippen LogP contribution in [0.2, 0.25) is 5.04 Å². The molecule has 6 nitrogen and oxygen atoms in total.